The average molecular weight is 254 g/mol. The molecule has 2 rings (SSSR count). The van der Waals surface area contributed by atoms with Gasteiger partial charge in [-0.05, 0) is 38.6 Å². The van der Waals surface area contributed by atoms with Gasteiger partial charge in [0.05, 0.1) is 6.61 Å². The number of ether oxygens (including phenoxy) is 1. The molecule has 2 fully saturated rings. The minimum atomic E-state index is -0.0320. The third-order valence-electron chi connectivity index (χ3n) is 3.88. The minimum absolute atomic E-state index is 0.0320. The number of nitrogens with zero attached hydrogens (tertiary/aromatic N) is 1. The van der Waals surface area contributed by atoms with Crippen molar-refractivity contribution in [2.24, 2.45) is 5.92 Å². The van der Waals surface area contributed by atoms with E-state index in [0.29, 0.717) is 25.0 Å². The third-order valence-corrected chi connectivity index (χ3v) is 3.88. The van der Waals surface area contributed by atoms with Gasteiger partial charge in [-0.1, -0.05) is 6.92 Å². The Bertz CT molecular complexity index is 279. The highest BCUT2D eigenvalue weighted by Crippen LogP contribution is 2.32. The van der Waals surface area contributed by atoms with E-state index in [4.69, 9.17) is 4.74 Å². The molecule has 1 heterocycles. The maximum absolute atomic E-state index is 11.6. The lowest BCUT2D eigenvalue weighted by atomic mass is 9.91. The molecule has 0 spiro atoms. The molecule has 2 aliphatic rings. The Morgan fingerprint density at radius 3 is 2.72 bits per heavy atom. The Morgan fingerprint density at radius 2 is 2.11 bits per heavy atom. The smallest absolute Gasteiger partial charge is 0.306 e. The second-order valence-electron chi connectivity index (χ2n) is 5.55. The molecule has 2 atom stereocenters. The largest absolute Gasteiger partial charge is 0.466 e. The van der Waals surface area contributed by atoms with E-state index < -0.39 is 0 Å². The van der Waals surface area contributed by atoms with Crippen LogP contribution in [0, 0.1) is 5.92 Å². The van der Waals surface area contributed by atoms with Gasteiger partial charge in [0.15, 0.2) is 0 Å². The first-order valence-corrected chi connectivity index (χ1v) is 7.36. The summed E-state index contributed by atoms with van der Waals surface area (Å²) < 4.78 is 5.07. The van der Waals surface area contributed by atoms with Crippen molar-refractivity contribution in [2.45, 2.75) is 51.6 Å². The van der Waals surface area contributed by atoms with Gasteiger partial charge in [0.25, 0.3) is 0 Å². The molecule has 4 nitrogen and oxygen atoms in total. The molecule has 0 aromatic rings. The van der Waals surface area contributed by atoms with Gasteiger partial charge < -0.3 is 10.1 Å². The second kappa shape index (κ2) is 6.53. The first-order valence-electron chi connectivity index (χ1n) is 7.36. The van der Waals surface area contributed by atoms with Gasteiger partial charge in [0.1, 0.15) is 0 Å². The van der Waals surface area contributed by atoms with Crippen molar-refractivity contribution in [1.29, 1.82) is 0 Å². The fraction of sp³-hybridized carbons (Fsp3) is 0.929. The zero-order valence-electron chi connectivity index (χ0n) is 11.7. The van der Waals surface area contributed by atoms with Crippen molar-refractivity contribution in [3.8, 4) is 0 Å². The van der Waals surface area contributed by atoms with Crippen LogP contribution in [0.1, 0.15) is 39.5 Å². The van der Waals surface area contributed by atoms with E-state index in [1.165, 1.54) is 12.8 Å². The van der Waals surface area contributed by atoms with Gasteiger partial charge in [0.2, 0.25) is 0 Å². The number of nitrogens with one attached hydrogen (secondary N) is 1. The molecule has 104 valence electrons. The molecule has 1 saturated carbocycles. The van der Waals surface area contributed by atoms with Gasteiger partial charge >= 0.3 is 5.97 Å². The molecule has 0 radical (unpaired) electrons. The maximum Gasteiger partial charge on any atom is 0.306 e. The molecule has 1 aliphatic carbocycles. The lowest BCUT2D eigenvalue weighted by Crippen LogP contribution is -2.50. The number of likely N-dealkylation sites (N-methyl/N-ethyl adjacent to an activating group) is 1. The first kappa shape index (κ1) is 13.8. The Hall–Kier alpha value is -0.610. The van der Waals surface area contributed by atoms with Gasteiger partial charge in [-0.15, -0.1) is 0 Å². The summed E-state index contributed by atoms with van der Waals surface area (Å²) in [5.41, 5.74) is 0. The molecule has 0 aromatic carbocycles. The van der Waals surface area contributed by atoms with E-state index >= 15 is 0 Å². The van der Waals surface area contributed by atoms with Crippen LogP contribution in [-0.4, -0.2) is 49.2 Å². The van der Waals surface area contributed by atoms with E-state index in [1.54, 1.807) is 0 Å². The normalized spacial score (nSPS) is 29.2. The van der Waals surface area contributed by atoms with Crippen LogP contribution in [0.4, 0.5) is 0 Å². The molecule has 2 unspecified atom stereocenters. The highest BCUT2D eigenvalue weighted by molar-refractivity contribution is 5.69. The summed E-state index contributed by atoms with van der Waals surface area (Å²) in [6, 6.07) is 1.33. The quantitative estimate of drug-likeness (QED) is 0.728. The SMILES string of the molecule is CCNC1CC(CC(=O)OCC)CN(C2CC2)C1. The topological polar surface area (TPSA) is 41.6 Å². The third kappa shape index (κ3) is 3.95. The van der Waals surface area contributed by atoms with Crippen molar-refractivity contribution in [3.63, 3.8) is 0 Å². The number of carbonyl (C=O) groups is 1. The average Bonchev–Trinajstić information content (AvgIpc) is 3.13. The lowest BCUT2D eigenvalue weighted by Gasteiger charge is -2.38. The molecule has 18 heavy (non-hydrogen) atoms. The van der Waals surface area contributed by atoms with E-state index in [2.05, 4.69) is 17.1 Å². The Balaban J connectivity index is 1.85. The van der Waals surface area contributed by atoms with Crippen LogP contribution in [-0.2, 0) is 9.53 Å². The Morgan fingerprint density at radius 1 is 1.33 bits per heavy atom. The van der Waals surface area contributed by atoms with Crippen molar-refractivity contribution >= 4 is 5.97 Å². The van der Waals surface area contributed by atoms with Gasteiger partial charge in [-0.25, -0.2) is 0 Å². The summed E-state index contributed by atoms with van der Waals surface area (Å²) in [4.78, 5) is 14.2. The molecular formula is C14H26N2O2. The summed E-state index contributed by atoms with van der Waals surface area (Å²) in [6.45, 7) is 7.75. The summed E-state index contributed by atoms with van der Waals surface area (Å²) in [7, 11) is 0. The predicted molar refractivity (Wildman–Crippen MR) is 71.4 cm³/mol. The highest BCUT2D eigenvalue weighted by Gasteiger charge is 2.36. The second-order valence-corrected chi connectivity index (χ2v) is 5.55. The van der Waals surface area contributed by atoms with Gasteiger partial charge in [-0.2, -0.15) is 0 Å². The van der Waals surface area contributed by atoms with Crippen LogP contribution >= 0.6 is 0 Å². The number of likely N-dealkylation sites (tertiary alicyclic amines) is 1. The molecule has 4 heteroatoms. The molecule has 0 aromatic heterocycles. The predicted octanol–water partition coefficient (Wildman–Crippen LogP) is 1.40. The fourth-order valence-electron chi connectivity index (χ4n) is 3.02. The van der Waals surface area contributed by atoms with Crippen molar-refractivity contribution < 1.29 is 9.53 Å². The van der Waals surface area contributed by atoms with E-state index in [0.717, 1.165) is 32.1 Å². The maximum atomic E-state index is 11.6. The summed E-state index contributed by atoms with van der Waals surface area (Å²) >= 11 is 0. The monoisotopic (exact) mass is 254 g/mol. The number of piperidine rings is 1. The minimum Gasteiger partial charge on any atom is -0.466 e. The zero-order chi connectivity index (χ0) is 13.0. The van der Waals surface area contributed by atoms with Crippen LogP contribution in [0.3, 0.4) is 0 Å². The van der Waals surface area contributed by atoms with E-state index in [9.17, 15) is 4.79 Å². The molecule has 1 aliphatic heterocycles. The lowest BCUT2D eigenvalue weighted by molar-refractivity contribution is -0.144. The summed E-state index contributed by atoms with van der Waals surface area (Å²) in [5, 5.41) is 3.54. The number of hydrogen-bond donors (Lipinski definition) is 1. The van der Waals surface area contributed by atoms with Crippen LogP contribution in [0.15, 0.2) is 0 Å². The highest BCUT2D eigenvalue weighted by atomic mass is 16.5. The van der Waals surface area contributed by atoms with Crippen LogP contribution in [0.2, 0.25) is 0 Å². The first-order chi connectivity index (χ1) is 8.72. The van der Waals surface area contributed by atoms with Crippen molar-refractivity contribution in [3.05, 3.63) is 0 Å². The Kier molecular flexibility index (Phi) is 5.01. The van der Waals surface area contributed by atoms with Crippen LogP contribution in [0.25, 0.3) is 0 Å². The fourth-order valence-corrected chi connectivity index (χ4v) is 3.02. The standard InChI is InChI=1S/C14H26N2O2/c1-3-15-12-7-11(8-14(17)18-4-2)9-16(10-12)13-5-6-13/h11-13,15H,3-10H2,1-2H3. The molecule has 1 N–H and O–H groups in total. The summed E-state index contributed by atoms with van der Waals surface area (Å²) in [5.74, 6) is 0.429. The Labute approximate surface area is 110 Å². The van der Waals surface area contributed by atoms with E-state index in [1.807, 2.05) is 6.92 Å². The van der Waals surface area contributed by atoms with Gasteiger partial charge in [-0.3, -0.25) is 9.69 Å². The molecule has 1 saturated heterocycles. The molecular weight excluding hydrogens is 228 g/mol. The molecule has 0 amide bonds. The van der Waals surface area contributed by atoms with Crippen LogP contribution < -0.4 is 5.32 Å². The number of rotatable bonds is 6. The van der Waals surface area contributed by atoms with E-state index in [-0.39, 0.29) is 5.97 Å². The zero-order valence-corrected chi connectivity index (χ0v) is 11.7. The van der Waals surface area contributed by atoms with Crippen molar-refractivity contribution in [1.82, 2.24) is 10.2 Å². The number of hydrogen-bond acceptors (Lipinski definition) is 4. The van der Waals surface area contributed by atoms with Crippen LogP contribution in [0.5, 0.6) is 0 Å². The number of carbonyl (C=O) groups excluding carboxylic acids is 1. The summed E-state index contributed by atoms with van der Waals surface area (Å²) in [6.07, 6.45) is 4.37. The molecule has 0 bridgehead atoms. The van der Waals surface area contributed by atoms with Gasteiger partial charge in [0, 0.05) is 31.6 Å². The number of esters is 1. The van der Waals surface area contributed by atoms with Crippen molar-refractivity contribution in [2.75, 3.05) is 26.2 Å².